The zero-order valence-electron chi connectivity index (χ0n) is 12.2. The normalized spacial score (nSPS) is 19.8. The van der Waals surface area contributed by atoms with Crippen LogP contribution in [0.2, 0.25) is 0 Å². The Balaban J connectivity index is 2.20. The fraction of sp³-hybridized carbons (Fsp3) is 0.500. The summed E-state index contributed by atoms with van der Waals surface area (Å²) < 4.78 is 0. The van der Waals surface area contributed by atoms with E-state index in [9.17, 15) is 9.59 Å². The van der Waals surface area contributed by atoms with Gasteiger partial charge in [-0.1, -0.05) is 39.8 Å². The van der Waals surface area contributed by atoms with Crippen LogP contribution in [0, 0.1) is 16.7 Å². The molecule has 3 heteroatoms. The molecule has 0 aromatic heterocycles. The van der Waals surface area contributed by atoms with Gasteiger partial charge in [-0.25, -0.2) is 0 Å². The summed E-state index contributed by atoms with van der Waals surface area (Å²) in [5.41, 5.74) is 1.18. The zero-order chi connectivity index (χ0) is 14.4. The largest absolute Gasteiger partial charge is 0.325 e. The van der Waals surface area contributed by atoms with Crippen molar-refractivity contribution in [2.75, 3.05) is 5.32 Å². The summed E-state index contributed by atoms with van der Waals surface area (Å²) >= 11 is 0. The quantitative estimate of drug-likeness (QED) is 0.844. The lowest BCUT2D eigenvalue weighted by molar-refractivity contribution is -0.118. The molecule has 1 amide bonds. The van der Waals surface area contributed by atoms with Crippen LogP contribution in [-0.2, 0) is 4.79 Å². The number of nitrogens with one attached hydrogen (secondary N) is 1. The number of rotatable bonds is 3. The molecule has 0 saturated heterocycles. The Morgan fingerprint density at radius 1 is 1.05 bits per heavy atom. The third kappa shape index (κ3) is 2.07. The van der Waals surface area contributed by atoms with Crippen molar-refractivity contribution in [1.29, 1.82) is 0 Å². The van der Waals surface area contributed by atoms with Crippen molar-refractivity contribution in [3.05, 3.63) is 29.8 Å². The average Bonchev–Trinajstić information content (AvgIpc) is 2.69. The molecule has 0 atom stereocenters. The minimum Gasteiger partial charge on any atom is -0.325 e. The first-order chi connectivity index (χ1) is 8.69. The Hall–Kier alpha value is -1.64. The number of Topliss-reactive ketones (excluding diaryl/α,β-unsaturated/α-hetero) is 1. The van der Waals surface area contributed by atoms with Crippen LogP contribution in [0.5, 0.6) is 0 Å². The predicted octanol–water partition coefficient (Wildman–Crippen LogP) is 3.51. The maximum Gasteiger partial charge on any atom is 0.228 e. The van der Waals surface area contributed by atoms with E-state index in [-0.39, 0.29) is 28.4 Å². The van der Waals surface area contributed by atoms with E-state index in [1.807, 2.05) is 6.07 Å². The number of carbonyl (C=O) groups is 2. The summed E-state index contributed by atoms with van der Waals surface area (Å²) in [6.45, 7) is 9.93. The fourth-order valence-corrected chi connectivity index (χ4v) is 2.96. The Labute approximate surface area is 114 Å². The highest BCUT2D eigenvalue weighted by Crippen LogP contribution is 2.68. The van der Waals surface area contributed by atoms with Gasteiger partial charge >= 0.3 is 0 Å². The third-order valence-electron chi connectivity index (χ3n) is 4.85. The molecule has 1 aromatic rings. The number of ketones is 1. The van der Waals surface area contributed by atoms with Crippen molar-refractivity contribution in [2.24, 2.45) is 16.7 Å². The minimum atomic E-state index is -0.0368. The molecule has 3 nitrogen and oxygen atoms in total. The highest BCUT2D eigenvalue weighted by molar-refractivity contribution is 6.05. The SMILES string of the molecule is CC(=O)c1ccccc1NC(=O)C1C(C)(C)C1(C)C. The molecule has 1 saturated carbocycles. The molecular weight excluding hydrogens is 238 g/mol. The van der Waals surface area contributed by atoms with Crippen LogP contribution < -0.4 is 5.32 Å². The van der Waals surface area contributed by atoms with E-state index in [1.165, 1.54) is 6.92 Å². The summed E-state index contributed by atoms with van der Waals surface area (Å²) in [6, 6.07) is 7.14. The lowest BCUT2D eigenvalue weighted by Crippen LogP contribution is -2.19. The summed E-state index contributed by atoms with van der Waals surface area (Å²) in [5, 5.41) is 2.91. The third-order valence-corrected chi connectivity index (χ3v) is 4.85. The van der Waals surface area contributed by atoms with E-state index in [4.69, 9.17) is 0 Å². The van der Waals surface area contributed by atoms with Gasteiger partial charge in [0.1, 0.15) is 0 Å². The van der Waals surface area contributed by atoms with Crippen LogP contribution in [0.25, 0.3) is 0 Å². The van der Waals surface area contributed by atoms with Crippen LogP contribution in [0.4, 0.5) is 5.69 Å². The Bertz CT molecular complexity index is 529. The van der Waals surface area contributed by atoms with Crippen molar-refractivity contribution in [1.82, 2.24) is 0 Å². The molecule has 0 aliphatic heterocycles. The van der Waals surface area contributed by atoms with Gasteiger partial charge in [-0.3, -0.25) is 9.59 Å². The van der Waals surface area contributed by atoms with Gasteiger partial charge in [0.15, 0.2) is 5.78 Å². The molecule has 2 rings (SSSR count). The van der Waals surface area contributed by atoms with Gasteiger partial charge in [0, 0.05) is 11.5 Å². The number of amides is 1. The number of carbonyl (C=O) groups excluding carboxylic acids is 2. The molecule has 0 bridgehead atoms. The number of hydrogen-bond acceptors (Lipinski definition) is 2. The molecule has 0 unspecified atom stereocenters. The molecule has 0 radical (unpaired) electrons. The summed E-state index contributed by atoms with van der Waals surface area (Å²) in [6.07, 6.45) is 0. The van der Waals surface area contributed by atoms with Gasteiger partial charge in [0.2, 0.25) is 5.91 Å². The van der Waals surface area contributed by atoms with Crippen LogP contribution in [0.3, 0.4) is 0 Å². The van der Waals surface area contributed by atoms with Gasteiger partial charge in [0.25, 0.3) is 0 Å². The van der Waals surface area contributed by atoms with E-state index < -0.39 is 0 Å². The van der Waals surface area contributed by atoms with E-state index in [2.05, 4.69) is 33.0 Å². The van der Waals surface area contributed by atoms with Gasteiger partial charge in [0.05, 0.1) is 5.69 Å². The maximum absolute atomic E-state index is 12.4. The van der Waals surface area contributed by atoms with Crippen LogP contribution in [-0.4, -0.2) is 11.7 Å². The van der Waals surface area contributed by atoms with E-state index >= 15 is 0 Å². The second-order valence-electron chi connectivity index (χ2n) is 6.47. The highest BCUT2D eigenvalue weighted by atomic mass is 16.2. The number of anilines is 1. The van der Waals surface area contributed by atoms with E-state index in [0.717, 1.165) is 0 Å². The van der Waals surface area contributed by atoms with Crippen molar-refractivity contribution < 1.29 is 9.59 Å². The Morgan fingerprint density at radius 2 is 1.58 bits per heavy atom. The van der Waals surface area contributed by atoms with Crippen molar-refractivity contribution in [2.45, 2.75) is 34.6 Å². The number of para-hydroxylation sites is 1. The lowest BCUT2D eigenvalue weighted by Gasteiger charge is -2.09. The smallest absolute Gasteiger partial charge is 0.228 e. The topological polar surface area (TPSA) is 46.2 Å². The van der Waals surface area contributed by atoms with Gasteiger partial charge in [-0.15, -0.1) is 0 Å². The summed E-state index contributed by atoms with van der Waals surface area (Å²) in [5.74, 6) is -0.0473. The molecule has 1 aliphatic carbocycles. The molecule has 102 valence electrons. The second-order valence-corrected chi connectivity index (χ2v) is 6.47. The lowest BCUT2D eigenvalue weighted by atomic mass is 10.0. The standard InChI is InChI=1S/C16H21NO2/c1-10(18)11-8-6-7-9-12(11)17-14(19)13-15(2,3)16(13,4)5/h6-9,13H,1-5H3,(H,17,19). The molecule has 1 fully saturated rings. The Kier molecular flexibility index (Phi) is 3.04. The average molecular weight is 259 g/mol. The van der Waals surface area contributed by atoms with Crippen LogP contribution in [0.15, 0.2) is 24.3 Å². The van der Waals surface area contributed by atoms with Gasteiger partial charge in [-0.05, 0) is 29.9 Å². The minimum absolute atomic E-state index is 0.00223. The first-order valence-corrected chi connectivity index (χ1v) is 6.60. The van der Waals surface area contributed by atoms with Crippen LogP contribution >= 0.6 is 0 Å². The fourth-order valence-electron chi connectivity index (χ4n) is 2.96. The van der Waals surface area contributed by atoms with Gasteiger partial charge < -0.3 is 5.32 Å². The van der Waals surface area contributed by atoms with Crippen molar-refractivity contribution in [3.8, 4) is 0 Å². The predicted molar refractivity (Wildman–Crippen MR) is 76.1 cm³/mol. The summed E-state index contributed by atoms with van der Waals surface area (Å²) in [7, 11) is 0. The molecule has 0 spiro atoms. The first kappa shape index (κ1) is 13.8. The number of hydrogen-bond donors (Lipinski definition) is 1. The molecule has 0 heterocycles. The van der Waals surface area contributed by atoms with E-state index in [0.29, 0.717) is 11.3 Å². The van der Waals surface area contributed by atoms with Crippen LogP contribution in [0.1, 0.15) is 45.0 Å². The number of benzene rings is 1. The van der Waals surface area contributed by atoms with E-state index in [1.54, 1.807) is 18.2 Å². The Morgan fingerprint density at radius 3 is 2.05 bits per heavy atom. The van der Waals surface area contributed by atoms with Crippen molar-refractivity contribution in [3.63, 3.8) is 0 Å². The molecule has 1 N–H and O–H groups in total. The molecule has 1 aliphatic rings. The molecule has 19 heavy (non-hydrogen) atoms. The van der Waals surface area contributed by atoms with Gasteiger partial charge in [-0.2, -0.15) is 0 Å². The molecular formula is C16H21NO2. The zero-order valence-corrected chi connectivity index (χ0v) is 12.2. The highest BCUT2D eigenvalue weighted by Gasteiger charge is 2.68. The monoisotopic (exact) mass is 259 g/mol. The maximum atomic E-state index is 12.4. The van der Waals surface area contributed by atoms with Crippen molar-refractivity contribution >= 4 is 17.4 Å². The summed E-state index contributed by atoms with van der Waals surface area (Å²) in [4.78, 5) is 23.9. The second kappa shape index (κ2) is 4.19. The molecule has 1 aromatic carbocycles. The first-order valence-electron chi connectivity index (χ1n) is 6.60.